The van der Waals surface area contributed by atoms with Crippen molar-refractivity contribution in [2.24, 2.45) is 5.73 Å². The first kappa shape index (κ1) is 12.7. The second-order valence-corrected chi connectivity index (χ2v) is 4.37. The van der Waals surface area contributed by atoms with Crippen LogP contribution in [-0.2, 0) is 0 Å². The third kappa shape index (κ3) is 2.93. The fourth-order valence-corrected chi connectivity index (χ4v) is 1.82. The Kier molecular flexibility index (Phi) is 4.05. The smallest absolute Gasteiger partial charge is 0.171 e. The second kappa shape index (κ2) is 5.74. The molecule has 0 saturated heterocycles. The first-order valence-electron chi connectivity index (χ1n) is 6.24. The Labute approximate surface area is 108 Å². The van der Waals surface area contributed by atoms with Crippen LogP contribution < -0.4 is 10.5 Å². The van der Waals surface area contributed by atoms with E-state index in [2.05, 4.69) is 0 Å². The van der Waals surface area contributed by atoms with E-state index >= 15 is 0 Å². The summed E-state index contributed by atoms with van der Waals surface area (Å²) in [5.41, 5.74) is 6.12. The lowest BCUT2D eigenvalue weighted by atomic mass is 10.1. The molecule has 96 valence electrons. The maximum Gasteiger partial charge on any atom is 0.171 e. The predicted octanol–water partition coefficient (Wildman–Crippen LogP) is 3.45. The molecule has 2 N–H and O–H groups in total. The molecule has 0 aliphatic carbocycles. The predicted molar refractivity (Wildman–Crippen MR) is 71.5 cm³/mol. The lowest BCUT2D eigenvalue weighted by Gasteiger charge is -2.22. The summed E-state index contributed by atoms with van der Waals surface area (Å²) in [6.45, 7) is 3.96. The normalized spacial score (nSPS) is 14.2. The molecule has 1 aromatic heterocycles. The number of hydrogen-bond acceptors (Lipinski definition) is 3. The van der Waals surface area contributed by atoms with Gasteiger partial charge < -0.3 is 14.9 Å². The molecule has 0 saturated carbocycles. The Bertz CT molecular complexity index is 478. The lowest BCUT2D eigenvalue weighted by molar-refractivity contribution is 0.143. The molecule has 0 aliphatic heterocycles. The molecule has 18 heavy (non-hydrogen) atoms. The van der Waals surface area contributed by atoms with E-state index in [1.807, 2.05) is 56.3 Å². The van der Waals surface area contributed by atoms with Gasteiger partial charge in [0.2, 0.25) is 0 Å². The first-order chi connectivity index (χ1) is 8.70. The highest BCUT2D eigenvalue weighted by atomic mass is 16.5. The Morgan fingerprint density at radius 2 is 1.89 bits per heavy atom. The van der Waals surface area contributed by atoms with Crippen LogP contribution in [0.2, 0.25) is 0 Å². The summed E-state index contributed by atoms with van der Waals surface area (Å²) in [7, 11) is 0. The van der Waals surface area contributed by atoms with E-state index in [1.165, 1.54) is 0 Å². The molecule has 2 unspecified atom stereocenters. The van der Waals surface area contributed by atoms with Gasteiger partial charge in [-0.2, -0.15) is 0 Å². The van der Waals surface area contributed by atoms with Gasteiger partial charge in [-0.25, -0.2) is 0 Å². The van der Waals surface area contributed by atoms with Gasteiger partial charge in [0, 0.05) is 6.04 Å². The topological polar surface area (TPSA) is 48.4 Å². The molecule has 0 aliphatic rings. The van der Waals surface area contributed by atoms with Gasteiger partial charge in [0.25, 0.3) is 0 Å². The average Bonchev–Trinajstić information content (AvgIpc) is 2.83. The van der Waals surface area contributed by atoms with Crippen LogP contribution in [-0.4, -0.2) is 6.04 Å². The monoisotopic (exact) mass is 245 g/mol. The highest BCUT2D eigenvalue weighted by Crippen LogP contribution is 2.26. The van der Waals surface area contributed by atoms with Crippen LogP contribution in [0.4, 0.5) is 0 Å². The van der Waals surface area contributed by atoms with E-state index in [1.54, 1.807) is 0 Å². The number of furan rings is 1. The fraction of sp³-hybridized carbons (Fsp3) is 0.333. The Morgan fingerprint density at radius 3 is 2.44 bits per heavy atom. The summed E-state index contributed by atoms with van der Waals surface area (Å²) in [6.07, 6.45) is 0.586. The number of benzene rings is 1. The van der Waals surface area contributed by atoms with Gasteiger partial charge in [0.05, 0.1) is 0 Å². The van der Waals surface area contributed by atoms with Gasteiger partial charge in [-0.3, -0.25) is 0 Å². The van der Waals surface area contributed by atoms with Crippen molar-refractivity contribution in [3.05, 3.63) is 54.0 Å². The van der Waals surface area contributed by atoms with E-state index < -0.39 is 0 Å². The molecule has 2 atom stereocenters. The van der Waals surface area contributed by atoms with Crippen LogP contribution >= 0.6 is 0 Å². The quantitative estimate of drug-likeness (QED) is 0.877. The molecule has 0 bridgehead atoms. The molecule has 1 aromatic carbocycles. The average molecular weight is 245 g/mol. The SMILES string of the molecule is CCC(N)C(Oc1ccccc1)c1ccc(C)o1. The van der Waals surface area contributed by atoms with Crippen LogP contribution in [0.5, 0.6) is 5.75 Å². The largest absolute Gasteiger partial charge is 0.481 e. The molecular formula is C15H19NO2. The molecule has 2 aromatic rings. The van der Waals surface area contributed by atoms with Gasteiger partial charge in [-0.1, -0.05) is 25.1 Å². The fourth-order valence-electron chi connectivity index (χ4n) is 1.82. The summed E-state index contributed by atoms with van der Waals surface area (Å²) in [6, 6.07) is 13.5. The molecule has 3 nitrogen and oxygen atoms in total. The van der Waals surface area contributed by atoms with Gasteiger partial charge >= 0.3 is 0 Å². The Balaban J connectivity index is 2.21. The van der Waals surface area contributed by atoms with Crippen molar-refractivity contribution in [1.29, 1.82) is 0 Å². The van der Waals surface area contributed by atoms with E-state index in [-0.39, 0.29) is 12.1 Å². The molecule has 3 heteroatoms. The van der Waals surface area contributed by atoms with E-state index in [4.69, 9.17) is 14.9 Å². The molecular weight excluding hydrogens is 226 g/mol. The van der Waals surface area contributed by atoms with E-state index in [9.17, 15) is 0 Å². The number of nitrogens with two attached hydrogens (primary N) is 1. The third-order valence-corrected chi connectivity index (χ3v) is 2.91. The minimum atomic E-state index is -0.244. The summed E-state index contributed by atoms with van der Waals surface area (Å²) < 4.78 is 11.6. The van der Waals surface area contributed by atoms with Crippen LogP contribution in [0.25, 0.3) is 0 Å². The van der Waals surface area contributed by atoms with Crippen molar-refractivity contribution in [3.8, 4) is 5.75 Å². The van der Waals surface area contributed by atoms with Gasteiger partial charge in [0.1, 0.15) is 17.3 Å². The van der Waals surface area contributed by atoms with Crippen molar-refractivity contribution in [2.45, 2.75) is 32.4 Å². The number of rotatable bonds is 5. The number of para-hydroxylation sites is 1. The highest BCUT2D eigenvalue weighted by Gasteiger charge is 2.23. The maximum atomic E-state index is 6.12. The third-order valence-electron chi connectivity index (χ3n) is 2.91. The zero-order valence-corrected chi connectivity index (χ0v) is 10.8. The molecule has 0 radical (unpaired) electrons. The van der Waals surface area contributed by atoms with Crippen LogP contribution in [0.3, 0.4) is 0 Å². The number of ether oxygens (including phenoxy) is 1. The standard InChI is InChI=1S/C15H19NO2/c1-3-13(16)15(14-10-9-11(2)17-14)18-12-7-5-4-6-8-12/h4-10,13,15H,3,16H2,1-2H3. The maximum absolute atomic E-state index is 6.12. The summed E-state index contributed by atoms with van der Waals surface area (Å²) in [5.74, 6) is 2.46. The Hall–Kier alpha value is -1.74. The second-order valence-electron chi connectivity index (χ2n) is 4.37. The molecule has 2 rings (SSSR count). The highest BCUT2D eigenvalue weighted by molar-refractivity contribution is 5.23. The van der Waals surface area contributed by atoms with Crippen molar-refractivity contribution >= 4 is 0 Å². The van der Waals surface area contributed by atoms with Gasteiger partial charge in [-0.05, 0) is 37.6 Å². The van der Waals surface area contributed by atoms with E-state index in [0.717, 1.165) is 23.7 Å². The lowest BCUT2D eigenvalue weighted by Crippen LogP contribution is -2.31. The minimum Gasteiger partial charge on any atom is -0.481 e. The van der Waals surface area contributed by atoms with E-state index in [0.29, 0.717) is 0 Å². The van der Waals surface area contributed by atoms with Crippen molar-refractivity contribution in [3.63, 3.8) is 0 Å². The zero-order valence-electron chi connectivity index (χ0n) is 10.8. The number of hydrogen-bond donors (Lipinski definition) is 1. The Morgan fingerprint density at radius 1 is 1.17 bits per heavy atom. The van der Waals surface area contributed by atoms with Gasteiger partial charge in [-0.15, -0.1) is 0 Å². The van der Waals surface area contributed by atoms with Crippen molar-refractivity contribution in [2.75, 3.05) is 0 Å². The zero-order chi connectivity index (χ0) is 13.0. The van der Waals surface area contributed by atoms with Crippen LogP contribution in [0.1, 0.15) is 31.0 Å². The number of aryl methyl sites for hydroxylation is 1. The van der Waals surface area contributed by atoms with Crippen molar-refractivity contribution < 1.29 is 9.15 Å². The van der Waals surface area contributed by atoms with Crippen molar-refractivity contribution in [1.82, 2.24) is 0 Å². The molecule has 0 amide bonds. The summed E-state index contributed by atoms with van der Waals surface area (Å²) >= 11 is 0. The van der Waals surface area contributed by atoms with Gasteiger partial charge in [0.15, 0.2) is 6.10 Å². The first-order valence-corrected chi connectivity index (χ1v) is 6.24. The van der Waals surface area contributed by atoms with Crippen LogP contribution in [0.15, 0.2) is 46.9 Å². The minimum absolute atomic E-state index is 0.0873. The molecule has 0 spiro atoms. The molecule has 1 heterocycles. The molecule has 0 fully saturated rings. The van der Waals surface area contributed by atoms with Crippen LogP contribution in [0, 0.1) is 6.92 Å². The summed E-state index contributed by atoms with van der Waals surface area (Å²) in [5, 5.41) is 0. The summed E-state index contributed by atoms with van der Waals surface area (Å²) in [4.78, 5) is 0.